The highest BCUT2D eigenvalue weighted by Crippen LogP contribution is 2.13. The predicted octanol–water partition coefficient (Wildman–Crippen LogP) is -0.0955. The molecule has 1 aliphatic rings. The monoisotopic (exact) mass is 281 g/mol. The van der Waals surface area contributed by atoms with Crippen LogP contribution in [0.3, 0.4) is 0 Å². The lowest BCUT2D eigenvalue weighted by Crippen LogP contribution is -2.53. The van der Waals surface area contributed by atoms with Gasteiger partial charge in [-0.1, -0.05) is 19.8 Å². The lowest BCUT2D eigenvalue weighted by molar-refractivity contribution is -0.124. The smallest absolute Gasteiger partial charge is 0.235 e. The second-order valence-corrected chi connectivity index (χ2v) is 5.32. The number of nitrogens with zero attached hydrogens (tertiary/aromatic N) is 2. The Labute approximate surface area is 122 Å². The van der Waals surface area contributed by atoms with Gasteiger partial charge in [-0.2, -0.15) is 0 Å². The fraction of sp³-hybridized carbons (Fsp3) is 0.800. The summed E-state index contributed by atoms with van der Waals surface area (Å²) in [6.45, 7) is 8.81. The van der Waals surface area contributed by atoms with Crippen molar-refractivity contribution in [1.82, 2.24) is 15.1 Å². The molecule has 5 heteroatoms. The Bertz CT molecular complexity index is 340. The molecule has 114 valence electrons. The van der Waals surface area contributed by atoms with Crippen molar-refractivity contribution in [3.63, 3.8) is 0 Å². The molecule has 1 amide bonds. The second kappa shape index (κ2) is 8.25. The Morgan fingerprint density at radius 1 is 1.25 bits per heavy atom. The number of nitrogens with one attached hydrogen (secondary N) is 1. The Morgan fingerprint density at radius 2 is 1.80 bits per heavy atom. The molecular formula is C15H27N3O2. The molecule has 0 aromatic heterocycles. The zero-order valence-corrected chi connectivity index (χ0v) is 12.7. The molecule has 1 aliphatic heterocycles. The Hall–Kier alpha value is -1.09. The van der Waals surface area contributed by atoms with Crippen molar-refractivity contribution in [3.05, 3.63) is 0 Å². The fourth-order valence-electron chi connectivity index (χ4n) is 2.49. The number of aliphatic hydroxyl groups excluding tert-OH is 1. The highest BCUT2D eigenvalue weighted by molar-refractivity contribution is 5.79. The first kappa shape index (κ1) is 17.0. The third-order valence-corrected chi connectivity index (χ3v) is 4.11. The quantitative estimate of drug-likeness (QED) is 0.640. The van der Waals surface area contributed by atoms with Crippen molar-refractivity contribution in [3.8, 4) is 12.3 Å². The van der Waals surface area contributed by atoms with Gasteiger partial charge in [0.2, 0.25) is 5.91 Å². The van der Waals surface area contributed by atoms with Gasteiger partial charge >= 0.3 is 0 Å². The third-order valence-electron chi connectivity index (χ3n) is 4.11. The predicted molar refractivity (Wildman–Crippen MR) is 80.3 cm³/mol. The molecule has 1 saturated heterocycles. The zero-order valence-electron chi connectivity index (χ0n) is 12.7. The van der Waals surface area contributed by atoms with E-state index in [-0.39, 0.29) is 12.5 Å². The van der Waals surface area contributed by atoms with Gasteiger partial charge in [-0.3, -0.25) is 14.6 Å². The maximum absolute atomic E-state index is 12.1. The molecule has 0 saturated carbocycles. The minimum Gasteiger partial charge on any atom is -0.395 e. The number of amides is 1. The number of aliphatic hydroxyl groups is 1. The molecule has 5 nitrogen and oxygen atoms in total. The Kier molecular flexibility index (Phi) is 7.00. The van der Waals surface area contributed by atoms with E-state index in [0.717, 1.165) is 39.0 Å². The van der Waals surface area contributed by atoms with E-state index in [0.29, 0.717) is 13.1 Å². The van der Waals surface area contributed by atoms with E-state index in [4.69, 9.17) is 11.5 Å². The van der Waals surface area contributed by atoms with E-state index in [1.54, 1.807) is 0 Å². The summed E-state index contributed by atoms with van der Waals surface area (Å²) in [6, 6.07) is 0. The SMILES string of the molecule is C#CC(CC)(CC)NC(=O)CN1CCN(CCO)CC1. The molecule has 1 fully saturated rings. The van der Waals surface area contributed by atoms with E-state index in [1.807, 2.05) is 13.8 Å². The standard InChI is InChI=1S/C15H27N3O2/c1-4-15(5-2,6-3)16-14(20)13-18-9-7-17(8-10-18)11-12-19/h1,19H,5-13H2,2-3H3,(H,16,20). The van der Waals surface area contributed by atoms with Crippen molar-refractivity contribution < 1.29 is 9.90 Å². The number of hydrogen-bond donors (Lipinski definition) is 2. The van der Waals surface area contributed by atoms with Gasteiger partial charge < -0.3 is 10.4 Å². The van der Waals surface area contributed by atoms with E-state index < -0.39 is 5.54 Å². The zero-order chi connectivity index (χ0) is 15.0. The fourth-order valence-corrected chi connectivity index (χ4v) is 2.49. The van der Waals surface area contributed by atoms with Gasteiger partial charge in [-0.05, 0) is 12.8 Å². The average Bonchev–Trinajstić information content (AvgIpc) is 2.47. The van der Waals surface area contributed by atoms with Gasteiger partial charge in [0.25, 0.3) is 0 Å². The van der Waals surface area contributed by atoms with Crippen LogP contribution in [0.1, 0.15) is 26.7 Å². The number of carbonyl (C=O) groups excluding carboxylic acids is 1. The summed E-state index contributed by atoms with van der Waals surface area (Å²) in [4.78, 5) is 16.5. The van der Waals surface area contributed by atoms with Crippen LogP contribution in [0.2, 0.25) is 0 Å². The topological polar surface area (TPSA) is 55.8 Å². The number of rotatable bonds is 7. The lowest BCUT2D eigenvalue weighted by atomic mass is 9.94. The Balaban J connectivity index is 2.39. The molecule has 0 aliphatic carbocycles. The van der Waals surface area contributed by atoms with Crippen molar-refractivity contribution in [2.45, 2.75) is 32.2 Å². The summed E-state index contributed by atoms with van der Waals surface area (Å²) >= 11 is 0. The number of terminal acetylenes is 1. The van der Waals surface area contributed by atoms with Crippen LogP contribution in [0.15, 0.2) is 0 Å². The van der Waals surface area contributed by atoms with Crippen molar-refractivity contribution in [1.29, 1.82) is 0 Å². The first-order chi connectivity index (χ1) is 9.59. The van der Waals surface area contributed by atoms with E-state index in [1.165, 1.54) is 0 Å². The molecule has 1 rings (SSSR count). The largest absolute Gasteiger partial charge is 0.395 e. The van der Waals surface area contributed by atoms with Crippen LogP contribution in [0.25, 0.3) is 0 Å². The van der Waals surface area contributed by atoms with Crippen molar-refractivity contribution in [2.75, 3.05) is 45.9 Å². The van der Waals surface area contributed by atoms with Gasteiger partial charge in [0.15, 0.2) is 0 Å². The first-order valence-electron chi connectivity index (χ1n) is 7.43. The summed E-state index contributed by atoms with van der Waals surface area (Å²) in [6.07, 6.45) is 7.05. The maximum atomic E-state index is 12.1. The molecule has 0 bridgehead atoms. The summed E-state index contributed by atoms with van der Waals surface area (Å²) in [5.41, 5.74) is -0.504. The summed E-state index contributed by atoms with van der Waals surface area (Å²) < 4.78 is 0. The number of hydrogen-bond acceptors (Lipinski definition) is 4. The van der Waals surface area contributed by atoms with Gasteiger partial charge in [-0.25, -0.2) is 0 Å². The van der Waals surface area contributed by atoms with Gasteiger partial charge in [0.05, 0.1) is 13.2 Å². The molecule has 0 atom stereocenters. The molecule has 0 spiro atoms. The maximum Gasteiger partial charge on any atom is 0.235 e. The lowest BCUT2D eigenvalue weighted by Gasteiger charge is -2.35. The van der Waals surface area contributed by atoms with Crippen LogP contribution in [0.5, 0.6) is 0 Å². The third kappa shape index (κ3) is 4.78. The summed E-state index contributed by atoms with van der Waals surface area (Å²) in [5, 5.41) is 11.9. The van der Waals surface area contributed by atoms with Gasteiger partial charge in [0, 0.05) is 32.7 Å². The van der Waals surface area contributed by atoms with Crippen LogP contribution < -0.4 is 5.32 Å². The summed E-state index contributed by atoms with van der Waals surface area (Å²) in [7, 11) is 0. The molecule has 0 aromatic carbocycles. The van der Waals surface area contributed by atoms with Crippen LogP contribution in [-0.4, -0.2) is 72.2 Å². The van der Waals surface area contributed by atoms with Crippen LogP contribution in [0.4, 0.5) is 0 Å². The van der Waals surface area contributed by atoms with Gasteiger partial charge in [0.1, 0.15) is 5.54 Å². The van der Waals surface area contributed by atoms with Crippen LogP contribution in [0, 0.1) is 12.3 Å². The van der Waals surface area contributed by atoms with Crippen molar-refractivity contribution >= 4 is 5.91 Å². The normalized spacial score (nSPS) is 17.7. The minimum atomic E-state index is -0.504. The number of carbonyl (C=O) groups is 1. The molecule has 1 heterocycles. The van der Waals surface area contributed by atoms with E-state index in [9.17, 15) is 4.79 Å². The minimum absolute atomic E-state index is 0.00209. The van der Waals surface area contributed by atoms with Crippen molar-refractivity contribution in [2.24, 2.45) is 0 Å². The number of β-amino-alcohol motifs (C(OH)–C–C–N with tert-alkyl or cyclic N) is 1. The summed E-state index contributed by atoms with van der Waals surface area (Å²) in [5.74, 6) is 2.72. The first-order valence-corrected chi connectivity index (χ1v) is 7.43. The van der Waals surface area contributed by atoms with Crippen LogP contribution in [-0.2, 0) is 4.79 Å². The molecular weight excluding hydrogens is 254 g/mol. The van der Waals surface area contributed by atoms with Gasteiger partial charge in [-0.15, -0.1) is 6.42 Å². The van der Waals surface area contributed by atoms with Crippen LogP contribution >= 0.6 is 0 Å². The molecule has 0 unspecified atom stereocenters. The molecule has 0 radical (unpaired) electrons. The Morgan fingerprint density at radius 3 is 2.25 bits per heavy atom. The molecule has 2 N–H and O–H groups in total. The highest BCUT2D eigenvalue weighted by atomic mass is 16.3. The van der Waals surface area contributed by atoms with E-state index >= 15 is 0 Å². The molecule has 0 aromatic rings. The highest BCUT2D eigenvalue weighted by Gasteiger charge is 2.26. The second-order valence-electron chi connectivity index (χ2n) is 5.32. The average molecular weight is 281 g/mol. The van der Waals surface area contributed by atoms with E-state index in [2.05, 4.69) is 21.0 Å². The number of piperazine rings is 1. The molecule has 20 heavy (non-hydrogen) atoms.